The van der Waals surface area contributed by atoms with Gasteiger partial charge in [0, 0.05) is 6.54 Å². The lowest BCUT2D eigenvalue weighted by molar-refractivity contribution is 0.00517. The van der Waals surface area contributed by atoms with E-state index in [2.05, 4.69) is 5.32 Å². The van der Waals surface area contributed by atoms with E-state index in [1.807, 2.05) is 12.1 Å². The highest BCUT2D eigenvalue weighted by molar-refractivity contribution is 5.17. The van der Waals surface area contributed by atoms with Gasteiger partial charge in [-0.1, -0.05) is 37.5 Å². The van der Waals surface area contributed by atoms with Gasteiger partial charge in [0.1, 0.15) is 5.82 Å². The highest BCUT2D eigenvalue weighted by atomic mass is 19.1. The van der Waals surface area contributed by atoms with Gasteiger partial charge in [-0.2, -0.15) is 0 Å². The molecule has 2 N–H and O–H groups in total. The van der Waals surface area contributed by atoms with Crippen molar-refractivity contribution in [3.05, 3.63) is 35.6 Å². The summed E-state index contributed by atoms with van der Waals surface area (Å²) in [6, 6.07) is 6.86. The van der Waals surface area contributed by atoms with E-state index in [-0.39, 0.29) is 5.82 Å². The summed E-state index contributed by atoms with van der Waals surface area (Å²) in [7, 11) is 0. The summed E-state index contributed by atoms with van der Waals surface area (Å²) in [5.41, 5.74) is 0.202. The van der Waals surface area contributed by atoms with Crippen LogP contribution in [-0.4, -0.2) is 23.8 Å². The topological polar surface area (TPSA) is 32.3 Å². The van der Waals surface area contributed by atoms with Crippen molar-refractivity contribution in [3.8, 4) is 0 Å². The van der Waals surface area contributed by atoms with Gasteiger partial charge >= 0.3 is 0 Å². The van der Waals surface area contributed by atoms with Crippen molar-refractivity contribution in [2.45, 2.75) is 44.1 Å². The minimum atomic E-state index is -0.534. The van der Waals surface area contributed by atoms with Gasteiger partial charge in [-0.25, -0.2) is 4.39 Å². The highest BCUT2D eigenvalue weighted by Crippen LogP contribution is 2.27. The predicted octanol–water partition coefficient (Wildman–Crippen LogP) is 2.65. The molecule has 0 atom stereocenters. The third kappa shape index (κ3) is 3.79. The second kappa shape index (κ2) is 6.30. The van der Waals surface area contributed by atoms with Crippen LogP contribution in [0.3, 0.4) is 0 Å². The lowest BCUT2D eigenvalue weighted by atomic mass is 9.85. The van der Waals surface area contributed by atoms with Crippen LogP contribution >= 0.6 is 0 Å². The second-order valence-electron chi connectivity index (χ2n) is 5.30. The standard InChI is InChI=1S/C15H22FNO/c16-14-7-3-2-6-13(14)8-11-17-12-15(18)9-4-1-5-10-15/h2-3,6-7,17-18H,1,4-5,8-12H2. The van der Waals surface area contributed by atoms with E-state index in [9.17, 15) is 9.50 Å². The monoisotopic (exact) mass is 251 g/mol. The molecule has 0 aliphatic heterocycles. The Labute approximate surface area is 108 Å². The Kier molecular flexibility index (Phi) is 4.72. The van der Waals surface area contributed by atoms with Gasteiger partial charge in [-0.05, 0) is 37.4 Å². The molecule has 0 amide bonds. The summed E-state index contributed by atoms with van der Waals surface area (Å²) < 4.78 is 13.4. The van der Waals surface area contributed by atoms with Crippen LogP contribution < -0.4 is 5.32 Å². The Morgan fingerprint density at radius 2 is 1.89 bits per heavy atom. The fourth-order valence-corrected chi connectivity index (χ4v) is 2.63. The van der Waals surface area contributed by atoms with E-state index in [0.29, 0.717) is 19.5 Å². The SMILES string of the molecule is OC1(CNCCc2ccccc2F)CCCCC1. The number of rotatable bonds is 5. The molecule has 1 aromatic rings. The van der Waals surface area contributed by atoms with Crippen molar-refractivity contribution in [1.82, 2.24) is 5.32 Å². The zero-order valence-corrected chi connectivity index (χ0v) is 10.8. The molecule has 0 unspecified atom stereocenters. The second-order valence-corrected chi connectivity index (χ2v) is 5.30. The zero-order valence-electron chi connectivity index (χ0n) is 10.8. The Morgan fingerprint density at radius 3 is 2.61 bits per heavy atom. The van der Waals surface area contributed by atoms with Crippen molar-refractivity contribution in [3.63, 3.8) is 0 Å². The summed E-state index contributed by atoms with van der Waals surface area (Å²) in [4.78, 5) is 0. The first-order valence-electron chi connectivity index (χ1n) is 6.86. The fourth-order valence-electron chi connectivity index (χ4n) is 2.63. The van der Waals surface area contributed by atoms with E-state index in [0.717, 1.165) is 31.2 Å². The Balaban J connectivity index is 1.71. The number of nitrogens with one attached hydrogen (secondary N) is 1. The van der Waals surface area contributed by atoms with E-state index < -0.39 is 5.60 Å². The number of hydrogen-bond donors (Lipinski definition) is 2. The van der Waals surface area contributed by atoms with Crippen LogP contribution in [0.1, 0.15) is 37.7 Å². The minimum Gasteiger partial charge on any atom is -0.389 e. The average Bonchev–Trinajstić information content (AvgIpc) is 2.37. The molecular formula is C15H22FNO. The van der Waals surface area contributed by atoms with Crippen LogP contribution in [0, 0.1) is 5.82 Å². The molecule has 2 rings (SSSR count). The van der Waals surface area contributed by atoms with Gasteiger partial charge in [0.05, 0.1) is 5.60 Å². The van der Waals surface area contributed by atoms with Crippen molar-refractivity contribution < 1.29 is 9.50 Å². The normalized spacial score (nSPS) is 18.8. The molecule has 100 valence electrons. The first kappa shape index (κ1) is 13.5. The molecule has 1 aliphatic carbocycles. The van der Waals surface area contributed by atoms with Crippen LogP contribution in [-0.2, 0) is 6.42 Å². The third-order valence-electron chi connectivity index (χ3n) is 3.77. The average molecular weight is 251 g/mol. The zero-order chi connectivity index (χ0) is 12.8. The lowest BCUT2D eigenvalue weighted by Crippen LogP contribution is -2.42. The molecule has 0 radical (unpaired) electrons. The number of halogens is 1. The quantitative estimate of drug-likeness (QED) is 0.789. The van der Waals surface area contributed by atoms with Gasteiger partial charge in [0.2, 0.25) is 0 Å². The lowest BCUT2D eigenvalue weighted by Gasteiger charge is -2.32. The third-order valence-corrected chi connectivity index (χ3v) is 3.77. The molecule has 3 heteroatoms. The van der Waals surface area contributed by atoms with Crippen LogP contribution in [0.25, 0.3) is 0 Å². The number of hydrogen-bond acceptors (Lipinski definition) is 2. The first-order chi connectivity index (χ1) is 8.70. The van der Waals surface area contributed by atoms with E-state index in [4.69, 9.17) is 0 Å². The molecule has 1 saturated carbocycles. The van der Waals surface area contributed by atoms with Crippen molar-refractivity contribution in [1.29, 1.82) is 0 Å². The summed E-state index contributed by atoms with van der Waals surface area (Å²) in [6.45, 7) is 1.34. The Hall–Kier alpha value is -0.930. The summed E-state index contributed by atoms with van der Waals surface area (Å²) in [5.74, 6) is -0.143. The van der Waals surface area contributed by atoms with Gasteiger partial charge < -0.3 is 10.4 Å². The molecule has 0 bridgehead atoms. The van der Waals surface area contributed by atoms with Crippen LogP contribution in [0.2, 0.25) is 0 Å². The molecule has 18 heavy (non-hydrogen) atoms. The van der Waals surface area contributed by atoms with Crippen LogP contribution in [0.15, 0.2) is 24.3 Å². The van der Waals surface area contributed by atoms with Crippen molar-refractivity contribution in [2.75, 3.05) is 13.1 Å². The maximum atomic E-state index is 13.4. The van der Waals surface area contributed by atoms with Gasteiger partial charge in [-0.3, -0.25) is 0 Å². The molecule has 1 aliphatic rings. The summed E-state index contributed by atoms with van der Waals surface area (Å²) in [5, 5.41) is 13.5. The Morgan fingerprint density at radius 1 is 1.17 bits per heavy atom. The molecule has 0 saturated heterocycles. The Bertz CT molecular complexity index is 375. The van der Waals surface area contributed by atoms with Crippen LogP contribution in [0.4, 0.5) is 4.39 Å². The van der Waals surface area contributed by atoms with Crippen LogP contribution in [0.5, 0.6) is 0 Å². The first-order valence-corrected chi connectivity index (χ1v) is 6.86. The minimum absolute atomic E-state index is 0.143. The number of benzene rings is 1. The molecule has 0 aromatic heterocycles. The van der Waals surface area contributed by atoms with Gasteiger partial charge in [-0.15, -0.1) is 0 Å². The fraction of sp³-hybridized carbons (Fsp3) is 0.600. The van der Waals surface area contributed by atoms with Gasteiger partial charge in [0.15, 0.2) is 0 Å². The van der Waals surface area contributed by atoms with E-state index in [1.165, 1.54) is 12.5 Å². The van der Waals surface area contributed by atoms with Crippen molar-refractivity contribution in [2.24, 2.45) is 0 Å². The van der Waals surface area contributed by atoms with E-state index in [1.54, 1.807) is 6.07 Å². The summed E-state index contributed by atoms with van der Waals surface area (Å²) in [6.07, 6.45) is 5.91. The predicted molar refractivity (Wildman–Crippen MR) is 71.0 cm³/mol. The maximum Gasteiger partial charge on any atom is 0.126 e. The molecule has 1 fully saturated rings. The number of aliphatic hydroxyl groups is 1. The maximum absolute atomic E-state index is 13.4. The smallest absolute Gasteiger partial charge is 0.126 e. The molecule has 0 spiro atoms. The van der Waals surface area contributed by atoms with Crippen molar-refractivity contribution >= 4 is 0 Å². The summed E-state index contributed by atoms with van der Waals surface area (Å²) >= 11 is 0. The molecule has 1 aromatic carbocycles. The highest BCUT2D eigenvalue weighted by Gasteiger charge is 2.28. The largest absolute Gasteiger partial charge is 0.389 e. The molecule has 2 nitrogen and oxygen atoms in total. The van der Waals surface area contributed by atoms with Gasteiger partial charge in [0.25, 0.3) is 0 Å². The molecular weight excluding hydrogens is 229 g/mol. The molecule has 0 heterocycles. The van der Waals surface area contributed by atoms with E-state index >= 15 is 0 Å².